The van der Waals surface area contributed by atoms with Crippen LogP contribution in [0.25, 0.3) is 0 Å². The summed E-state index contributed by atoms with van der Waals surface area (Å²) < 4.78 is 20.9. The van der Waals surface area contributed by atoms with Crippen molar-refractivity contribution in [2.45, 2.75) is 6.92 Å². The van der Waals surface area contributed by atoms with Gasteiger partial charge in [-0.2, -0.15) is 5.10 Å². The van der Waals surface area contributed by atoms with Gasteiger partial charge in [0.05, 0.1) is 19.6 Å². The van der Waals surface area contributed by atoms with Crippen molar-refractivity contribution in [3.63, 3.8) is 0 Å². The number of methoxy groups -OCH3 is 1. The third kappa shape index (κ3) is 5.71. The normalized spacial score (nSPS) is 10.6. The first-order chi connectivity index (χ1) is 14.5. The molecule has 0 radical (unpaired) electrons. The van der Waals surface area contributed by atoms with Gasteiger partial charge in [-0.05, 0) is 60.5 Å². The highest BCUT2D eigenvalue weighted by molar-refractivity contribution is 5.89. The first-order valence-electron chi connectivity index (χ1n) is 9.00. The Morgan fingerprint density at radius 3 is 2.70 bits per heavy atom. The number of carbonyl (C=O) groups excluding carboxylic acids is 2. The van der Waals surface area contributed by atoms with Crippen molar-refractivity contribution in [2.75, 3.05) is 13.7 Å². The van der Waals surface area contributed by atoms with Crippen molar-refractivity contribution in [1.82, 2.24) is 5.43 Å². The van der Waals surface area contributed by atoms with Gasteiger partial charge in [-0.15, -0.1) is 0 Å². The molecule has 8 nitrogen and oxygen atoms in total. The molecule has 1 N–H and O–H groups in total. The molecule has 30 heavy (non-hydrogen) atoms. The minimum absolute atomic E-state index is 0.0817. The van der Waals surface area contributed by atoms with E-state index in [1.165, 1.54) is 25.7 Å². The molecule has 0 bridgehead atoms. The van der Waals surface area contributed by atoms with Crippen LogP contribution in [0.1, 0.15) is 21.7 Å². The molecule has 154 valence electrons. The number of aryl methyl sites for hydroxylation is 1. The van der Waals surface area contributed by atoms with Crippen molar-refractivity contribution in [1.29, 1.82) is 0 Å². The number of nitrogens with one attached hydrogen (secondary N) is 1. The molecular weight excluding hydrogens is 388 g/mol. The number of hydrazone groups is 1. The number of rotatable bonds is 8. The molecule has 0 saturated carbocycles. The minimum atomic E-state index is -0.638. The van der Waals surface area contributed by atoms with Gasteiger partial charge in [0.25, 0.3) is 5.91 Å². The van der Waals surface area contributed by atoms with E-state index in [9.17, 15) is 9.59 Å². The summed E-state index contributed by atoms with van der Waals surface area (Å²) in [6.07, 6.45) is 2.82. The van der Waals surface area contributed by atoms with Crippen LogP contribution in [0.5, 0.6) is 17.2 Å². The van der Waals surface area contributed by atoms with Gasteiger partial charge in [-0.25, -0.2) is 10.2 Å². The molecule has 0 aliphatic heterocycles. The molecule has 1 aromatic heterocycles. The lowest BCUT2D eigenvalue weighted by molar-refractivity contribution is -0.123. The van der Waals surface area contributed by atoms with E-state index in [0.717, 1.165) is 5.56 Å². The molecule has 3 aromatic rings. The second kappa shape index (κ2) is 9.92. The summed E-state index contributed by atoms with van der Waals surface area (Å²) in [6.45, 7) is 1.78. The average Bonchev–Trinajstić information content (AvgIpc) is 3.28. The Morgan fingerprint density at radius 1 is 1.10 bits per heavy atom. The van der Waals surface area contributed by atoms with Crippen LogP contribution < -0.4 is 19.6 Å². The van der Waals surface area contributed by atoms with Crippen LogP contribution in [0, 0.1) is 6.92 Å². The predicted octanol–water partition coefficient (Wildman–Crippen LogP) is 3.34. The van der Waals surface area contributed by atoms with E-state index >= 15 is 0 Å². The lowest BCUT2D eigenvalue weighted by Gasteiger charge is -2.09. The van der Waals surface area contributed by atoms with Gasteiger partial charge in [-0.1, -0.05) is 12.1 Å². The molecule has 0 aliphatic carbocycles. The van der Waals surface area contributed by atoms with Gasteiger partial charge in [0.1, 0.15) is 5.75 Å². The Hall–Kier alpha value is -4.07. The third-order valence-corrected chi connectivity index (χ3v) is 3.88. The number of esters is 1. The Labute approximate surface area is 173 Å². The third-order valence-electron chi connectivity index (χ3n) is 3.88. The van der Waals surface area contributed by atoms with E-state index in [1.807, 2.05) is 25.1 Å². The van der Waals surface area contributed by atoms with Crippen molar-refractivity contribution in [3.8, 4) is 17.2 Å². The highest BCUT2D eigenvalue weighted by atomic mass is 16.6. The zero-order chi connectivity index (χ0) is 21.3. The number of ether oxygens (including phenoxy) is 3. The van der Waals surface area contributed by atoms with E-state index in [1.54, 1.807) is 30.3 Å². The van der Waals surface area contributed by atoms with E-state index in [0.29, 0.717) is 17.1 Å². The highest BCUT2D eigenvalue weighted by Crippen LogP contribution is 2.28. The lowest BCUT2D eigenvalue weighted by atomic mass is 10.2. The standard InChI is InChI=1S/C22H20N2O6/c1-15-5-3-6-17(11-15)29-14-21(25)24-23-13-16-8-9-18(20(12-16)27-2)30-22(26)19-7-4-10-28-19/h3-13H,14H2,1-2H3,(H,24,25)/b23-13+. The maximum atomic E-state index is 12.0. The maximum absolute atomic E-state index is 12.0. The number of nitrogens with zero attached hydrogens (tertiary/aromatic N) is 1. The summed E-state index contributed by atoms with van der Waals surface area (Å²) >= 11 is 0. The zero-order valence-electron chi connectivity index (χ0n) is 16.5. The number of hydrogen-bond donors (Lipinski definition) is 1. The summed E-state index contributed by atoms with van der Waals surface area (Å²) in [4.78, 5) is 23.9. The van der Waals surface area contributed by atoms with E-state index in [2.05, 4.69) is 10.5 Å². The van der Waals surface area contributed by atoms with Crippen LogP contribution in [0.3, 0.4) is 0 Å². The summed E-state index contributed by atoms with van der Waals surface area (Å²) in [5.74, 6) is 0.209. The molecule has 0 fully saturated rings. The monoisotopic (exact) mass is 408 g/mol. The van der Waals surface area contributed by atoms with E-state index in [-0.39, 0.29) is 18.1 Å². The predicted molar refractivity (Wildman–Crippen MR) is 109 cm³/mol. The Morgan fingerprint density at radius 2 is 1.97 bits per heavy atom. The number of benzene rings is 2. The lowest BCUT2D eigenvalue weighted by Crippen LogP contribution is -2.24. The van der Waals surface area contributed by atoms with Gasteiger partial charge in [-0.3, -0.25) is 4.79 Å². The Bertz CT molecular complexity index is 1040. The summed E-state index contributed by atoms with van der Waals surface area (Å²) in [7, 11) is 1.45. The van der Waals surface area contributed by atoms with Crippen LogP contribution >= 0.6 is 0 Å². The molecule has 8 heteroatoms. The molecule has 0 spiro atoms. The fourth-order valence-electron chi connectivity index (χ4n) is 2.46. The topological polar surface area (TPSA) is 99.4 Å². The molecular formula is C22H20N2O6. The van der Waals surface area contributed by atoms with E-state index in [4.69, 9.17) is 18.6 Å². The minimum Gasteiger partial charge on any atom is -0.493 e. The van der Waals surface area contributed by atoms with Crippen molar-refractivity contribution in [2.24, 2.45) is 5.10 Å². The van der Waals surface area contributed by atoms with Crippen LogP contribution in [0.4, 0.5) is 0 Å². The second-order valence-corrected chi connectivity index (χ2v) is 6.18. The summed E-state index contributed by atoms with van der Waals surface area (Å²) in [5, 5.41) is 3.90. The molecule has 0 unspecified atom stereocenters. The highest BCUT2D eigenvalue weighted by Gasteiger charge is 2.14. The van der Waals surface area contributed by atoms with E-state index < -0.39 is 11.9 Å². The second-order valence-electron chi connectivity index (χ2n) is 6.18. The van der Waals surface area contributed by atoms with Crippen molar-refractivity contribution >= 4 is 18.1 Å². The van der Waals surface area contributed by atoms with Gasteiger partial charge in [0, 0.05) is 0 Å². The fraction of sp³-hybridized carbons (Fsp3) is 0.136. The molecule has 1 amide bonds. The molecule has 1 heterocycles. The van der Waals surface area contributed by atoms with Gasteiger partial charge < -0.3 is 18.6 Å². The maximum Gasteiger partial charge on any atom is 0.379 e. The smallest absolute Gasteiger partial charge is 0.379 e. The number of furan rings is 1. The summed E-state index contributed by atoms with van der Waals surface area (Å²) in [5.41, 5.74) is 4.05. The Balaban J connectivity index is 1.54. The van der Waals surface area contributed by atoms with Gasteiger partial charge >= 0.3 is 5.97 Å². The Kier molecular flexibility index (Phi) is 6.83. The zero-order valence-corrected chi connectivity index (χ0v) is 16.5. The van der Waals surface area contributed by atoms with Crippen molar-refractivity contribution in [3.05, 3.63) is 77.7 Å². The van der Waals surface area contributed by atoms with Crippen LogP contribution in [0.15, 0.2) is 70.4 Å². The summed E-state index contributed by atoms with van der Waals surface area (Å²) in [6, 6.07) is 15.3. The average molecular weight is 408 g/mol. The number of amides is 1. The van der Waals surface area contributed by atoms with Crippen LogP contribution in [-0.2, 0) is 4.79 Å². The first-order valence-corrected chi connectivity index (χ1v) is 9.00. The molecule has 0 aliphatic rings. The quantitative estimate of drug-likeness (QED) is 0.266. The molecule has 2 aromatic carbocycles. The van der Waals surface area contributed by atoms with Gasteiger partial charge in [0.2, 0.25) is 5.76 Å². The molecule has 0 atom stereocenters. The first kappa shape index (κ1) is 20.7. The van der Waals surface area contributed by atoms with Crippen LogP contribution in [-0.4, -0.2) is 31.8 Å². The van der Waals surface area contributed by atoms with Crippen LogP contribution in [0.2, 0.25) is 0 Å². The number of carbonyl (C=O) groups is 2. The van der Waals surface area contributed by atoms with Gasteiger partial charge in [0.15, 0.2) is 18.1 Å². The largest absolute Gasteiger partial charge is 0.493 e. The molecule has 0 saturated heterocycles. The molecule has 3 rings (SSSR count). The SMILES string of the molecule is COc1cc(/C=N/NC(=O)COc2cccc(C)c2)ccc1OC(=O)c1ccco1. The fourth-order valence-corrected chi connectivity index (χ4v) is 2.46. The number of hydrogen-bond acceptors (Lipinski definition) is 7. The van der Waals surface area contributed by atoms with Crippen molar-refractivity contribution < 1.29 is 28.2 Å².